The minimum Gasteiger partial charge on any atom is -0.354 e. The van der Waals surface area contributed by atoms with Crippen molar-refractivity contribution in [3.8, 4) is 0 Å². The third kappa shape index (κ3) is 5.09. The molecule has 0 aliphatic carbocycles. The second-order valence-corrected chi connectivity index (χ2v) is 3.84. The Labute approximate surface area is 73.7 Å². The molecule has 5 N–H and O–H groups in total. The van der Waals surface area contributed by atoms with Crippen LogP contribution in [-0.2, 0) is 4.79 Å². The molecule has 1 unspecified atom stereocenters. The maximum atomic E-state index is 11.2. The molecule has 1 atom stereocenters. The average Bonchev–Trinajstić information content (AvgIpc) is 1.97. The first-order chi connectivity index (χ1) is 5.37. The van der Waals surface area contributed by atoms with E-state index in [-0.39, 0.29) is 17.4 Å². The van der Waals surface area contributed by atoms with Gasteiger partial charge in [-0.25, -0.2) is 0 Å². The molecule has 0 aromatic heterocycles. The van der Waals surface area contributed by atoms with Gasteiger partial charge in [0, 0.05) is 24.5 Å². The van der Waals surface area contributed by atoms with Gasteiger partial charge in [-0.1, -0.05) is 6.92 Å². The Kier molecular flexibility index (Phi) is 4.20. The Balaban J connectivity index is 3.72. The highest BCUT2D eigenvalue weighted by molar-refractivity contribution is 5.78. The van der Waals surface area contributed by atoms with Crippen LogP contribution in [0.25, 0.3) is 0 Å². The minimum absolute atomic E-state index is 0.0315. The van der Waals surface area contributed by atoms with Crippen LogP contribution in [0.3, 0.4) is 0 Å². The van der Waals surface area contributed by atoms with Crippen LogP contribution < -0.4 is 16.8 Å². The van der Waals surface area contributed by atoms with Crippen molar-refractivity contribution >= 4 is 5.91 Å². The Morgan fingerprint density at radius 3 is 2.42 bits per heavy atom. The molecular formula is C8H19N3O. The summed E-state index contributed by atoms with van der Waals surface area (Å²) in [5.41, 5.74) is 10.6. The Bertz CT molecular complexity index is 151. The fourth-order valence-electron chi connectivity index (χ4n) is 0.596. The lowest BCUT2D eigenvalue weighted by Gasteiger charge is -2.20. The lowest BCUT2D eigenvalue weighted by molar-refractivity contribution is -0.124. The number of amides is 1. The molecule has 0 aliphatic heterocycles. The van der Waals surface area contributed by atoms with Crippen molar-refractivity contribution in [1.29, 1.82) is 0 Å². The second-order valence-electron chi connectivity index (χ2n) is 3.84. The van der Waals surface area contributed by atoms with Crippen molar-refractivity contribution in [2.24, 2.45) is 17.4 Å². The third-order valence-electron chi connectivity index (χ3n) is 1.52. The lowest BCUT2D eigenvalue weighted by Crippen LogP contribution is -2.47. The lowest BCUT2D eigenvalue weighted by atomic mass is 10.1. The van der Waals surface area contributed by atoms with Crippen molar-refractivity contribution < 1.29 is 4.79 Å². The van der Waals surface area contributed by atoms with E-state index in [9.17, 15) is 4.79 Å². The zero-order chi connectivity index (χ0) is 9.78. The van der Waals surface area contributed by atoms with Crippen LogP contribution in [-0.4, -0.2) is 24.5 Å². The molecule has 4 heteroatoms. The van der Waals surface area contributed by atoms with Gasteiger partial charge in [0.15, 0.2) is 0 Å². The van der Waals surface area contributed by atoms with Gasteiger partial charge in [-0.2, -0.15) is 0 Å². The van der Waals surface area contributed by atoms with E-state index in [1.54, 1.807) is 6.92 Å². The van der Waals surface area contributed by atoms with Gasteiger partial charge in [-0.3, -0.25) is 4.79 Å². The van der Waals surface area contributed by atoms with Crippen molar-refractivity contribution in [1.82, 2.24) is 5.32 Å². The summed E-state index contributed by atoms with van der Waals surface area (Å²) in [4.78, 5) is 11.2. The highest BCUT2D eigenvalue weighted by atomic mass is 16.1. The maximum absolute atomic E-state index is 11.2. The molecule has 1 amide bonds. The highest BCUT2D eigenvalue weighted by Gasteiger charge is 2.15. The monoisotopic (exact) mass is 173 g/mol. The second kappa shape index (κ2) is 4.42. The predicted molar refractivity (Wildman–Crippen MR) is 49.5 cm³/mol. The molecule has 0 radical (unpaired) electrons. The van der Waals surface area contributed by atoms with E-state index in [1.807, 2.05) is 13.8 Å². The average molecular weight is 173 g/mol. The Morgan fingerprint density at radius 1 is 1.58 bits per heavy atom. The number of rotatable bonds is 4. The van der Waals surface area contributed by atoms with E-state index >= 15 is 0 Å². The first kappa shape index (κ1) is 11.4. The minimum atomic E-state index is -0.357. The largest absolute Gasteiger partial charge is 0.354 e. The number of hydrogen-bond donors (Lipinski definition) is 3. The quantitative estimate of drug-likeness (QED) is 0.533. The maximum Gasteiger partial charge on any atom is 0.224 e. The number of nitrogens with two attached hydrogens (primary N) is 2. The molecule has 0 fully saturated rings. The van der Waals surface area contributed by atoms with Crippen molar-refractivity contribution in [3.63, 3.8) is 0 Å². The van der Waals surface area contributed by atoms with Crippen LogP contribution in [0, 0.1) is 5.92 Å². The molecule has 0 spiro atoms. The van der Waals surface area contributed by atoms with Crippen LogP contribution in [0.1, 0.15) is 20.8 Å². The van der Waals surface area contributed by atoms with Gasteiger partial charge in [0.1, 0.15) is 0 Å². The van der Waals surface area contributed by atoms with Gasteiger partial charge < -0.3 is 16.8 Å². The SMILES string of the molecule is CC(CN)C(=O)NCC(C)(C)N. The number of hydrogen-bond acceptors (Lipinski definition) is 3. The summed E-state index contributed by atoms with van der Waals surface area (Å²) >= 11 is 0. The van der Waals surface area contributed by atoms with Crippen LogP contribution in [0.15, 0.2) is 0 Å². The Hall–Kier alpha value is -0.610. The summed E-state index contributed by atoms with van der Waals surface area (Å²) in [5.74, 6) is -0.164. The molecule has 0 saturated heterocycles. The van der Waals surface area contributed by atoms with Gasteiger partial charge >= 0.3 is 0 Å². The van der Waals surface area contributed by atoms with Crippen LogP contribution in [0.5, 0.6) is 0 Å². The molecule has 0 aliphatic rings. The van der Waals surface area contributed by atoms with Crippen LogP contribution >= 0.6 is 0 Å². The van der Waals surface area contributed by atoms with E-state index in [0.717, 1.165) is 0 Å². The van der Waals surface area contributed by atoms with Crippen LogP contribution in [0.2, 0.25) is 0 Å². The van der Waals surface area contributed by atoms with E-state index in [0.29, 0.717) is 13.1 Å². The third-order valence-corrected chi connectivity index (χ3v) is 1.52. The summed E-state index contributed by atoms with van der Waals surface area (Å²) in [7, 11) is 0. The van der Waals surface area contributed by atoms with Gasteiger partial charge in [-0.15, -0.1) is 0 Å². The van der Waals surface area contributed by atoms with Crippen molar-refractivity contribution in [2.45, 2.75) is 26.3 Å². The first-order valence-electron chi connectivity index (χ1n) is 4.13. The van der Waals surface area contributed by atoms with E-state index in [1.165, 1.54) is 0 Å². The number of carbonyl (C=O) groups is 1. The van der Waals surface area contributed by atoms with Gasteiger partial charge in [0.25, 0.3) is 0 Å². The van der Waals surface area contributed by atoms with Crippen molar-refractivity contribution in [2.75, 3.05) is 13.1 Å². The predicted octanol–water partition coefficient (Wildman–Crippen LogP) is -0.565. The van der Waals surface area contributed by atoms with Gasteiger partial charge in [-0.05, 0) is 13.8 Å². The molecule has 0 saturated carbocycles. The molecule has 0 aromatic carbocycles. The summed E-state index contributed by atoms with van der Waals surface area (Å²) in [6.07, 6.45) is 0. The highest BCUT2D eigenvalue weighted by Crippen LogP contribution is 1.95. The summed E-state index contributed by atoms with van der Waals surface area (Å²) < 4.78 is 0. The fourth-order valence-corrected chi connectivity index (χ4v) is 0.596. The number of nitrogens with one attached hydrogen (secondary N) is 1. The molecule has 0 aromatic rings. The van der Waals surface area contributed by atoms with E-state index in [2.05, 4.69) is 5.32 Å². The molecule has 0 rings (SSSR count). The zero-order valence-corrected chi connectivity index (χ0v) is 8.05. The topological polar surface area (TPSA) is 81.1 Å². The summed E-state index contributed by atoms with van der Waals surface area (Å²) in [6.45, 7) is 6.37. The van der Waals surface area contributed by atoms with Crippen molar-refractivity contribution in [3.05, 3.63) is 0 Å². The smallest absolute Gasteiger partial charge is 0.224 e. The summed E-state index contributed by atoms with van der Waals surface area (Å²) in [5, 5.41) is 2.73. The van der Waals surface area contributed by atoms with Gasteiger partial charge in [0.05, 0.1) is 0 Å². The molecule has 0 bridgehead atoms. The molecular weight excluding hydrogens is 154 g/mol. The molecule has 12 heavy (non-hydrogen) atoms. The molecule has 4 nitrogen and oxygen atoms in total. The van der Waals surface area contributed by atoms with Gasteiger partial charge in [0.2, 0.25) is 5.91 Å². The zero-order valence-electron chi connectivity index (χ0n) is 8.05. The number of carbonyl (C=O) groups excluding carboxylic acids is 1. The normalized spacial score (nSPS) is 14.1. The standard InChI is InChI=1S/C8H19N3O/c1-6(4-9)7(12)11-5-8(2,3)10/h6H,4-5,9-10H2,1-3H3,(H,11,12). The summed E-state index contributed by atoms with van der Waals surface area (Å²) in [6, 6.07) is 0. The molecule has 72 valence electrons. The molecule has 0 heterocycles. The van der Waals surface area contributed by atoms with E-state index < -0.39 is 0 Å². The first-order valence-corrected chi connectivity index (χ1v) is 4.13. The Morgan fingerprint density at radius 2 is 2.08 bits per heavy atom. The van der Waals surface area contributed by atoms with E-state index in [4.69, 9.17) is 11.5 Å². The fraction of sp³-hybridized carbons (Fsp3) is 0.875. The van der Waals surface area contributed by atoms with Crippen LogP contribution in [0.4, 0.5) is 0 Å².